The minimum atomic E-state index is -4.46. The van der Waals surface area contributed by atoms with Gasteiger partial charge in [-0.2, -0.15) is 22.8 Å². The highest BCUT2D eigenvalue weighted by Crippen LogP contribution is 2.35. The van der Waals surface area contributed by atoms with E-state index in [1.54, 1.807) is 10.8 Å². The van der Waals surface area contributed by atoms with Crippen molar-refractivity contribution in [3.05, 3.63) is 23.1 Å². The molecule has 0 spiro atoms. The van der Waals surface area contributed by atoms with E-state index in [0.29, 0.717) is 48.3 Å². The first-order valence-electron chi connectivity index (χ1n) is 8.44. The first-order chi connectivity index (χ1) is 12.8. The van der Waals surface area contributed by atoms with Gasteiger partial charge in [0.2, 0.25) is 15.8 Å². The van der Waals surface area contributed by atoms with Crippen molar-refractivity contribution in [2.75, 3.05) is 36.0 Å². The van der Waals surface area contributed by atoms with Crippen molar-refractivity contribution < 1.29 is 13.2 Å². The number of nitrogens with zero attached hydrogens (tertiary/aromatic N) is 8. The van der Waals surface area contributed by atoms with Gasteiger partial charge in [0.15, 0.2) is 0 Å². The molecule has 8 nitrogen and oxygen atoms in total. The zero-order chi connectivity index (χ0) is 19.2. The first-order valence-corrected chi connectivity index (χ1v) is 9.26. The SMILES string of the molecule is CC(C)c1cc(N2CCN(c3nnc(C(F)(F)F)s3)CC2)c2nncn2n1. The summed E-state index contributed by atoms with van der Waals surface area (Å²) in [6.45, 7) is 6.48. The molecule has 12 heteroatoms. The van der Waals surface area contributed by atoms with Gasteiger partial charge in [-0.1, -0.05) is 25.2 Å². The van der Waals surface area contributed by atoms with Crippen molar-refractivity contribution in [1.82, 2.24) is 30.0 Å². The van der Waals surface area contributed by atoms with E-state index in [0.717, 1.165) is 11.4 Å². The maximum atomic E-state index is 12.7. The van der Waals surface area contributed by atoms with Crippen LogP contribution in [0.2, 0.25) is 0 Å². The number of hydrogen-bond acceptors (Lipinski definition) is 8. The van der Waals surface area contributed by atoms with Gasteiger partial charge in [-0.05, 0) is 12.0 Å². The lowest BCUT2D eigenvalue weighted by atomic mass is 10.1. The zero-order valence-electron chi connectivity index (χ0n) is 14.7. The largest absolute Gasteiger partial charge is 0.445 e. The molecule has 1 aliphatic rings. The maximum Gasteiger partial charge on any atom is 0.445 e. The molecule has 0 aliphatic carbocycles. The average molecular weight is 398 g/mol. The van der Waals surface area contributed by atoms with Crippen molar-refractivity contribution in [2.45, 2.75) is 25.9 Å². The number of fused-ring (bicyclic) bond motifs is 1. The Hall–Kier alpha value is -2.50. The normalized spacial score (nSPS) is 15.9. The molecule has 4 heterocycles. The lowest BCUT2D eigenvalue weighted by molar-refractivity contribution is -0.138. The molecule has 0 N–H and O–H groups in total. The Morgan fingerprint density at radius 1 is 1.04 bits per heavy atom. The molecule has 144 valence electrons. The van der Waals surface area contributed by atoms with E-state index >= 15 is 0 Å². The Bertz CT molecular complexity index is 942. The summed E-state index contributed by atoms with van der Waals surface area (Å²) < 4.78 is 39.9. The topological polar surface area (TPSA) is 75.3 Å². The molecule has 0 bridgehead atoms. The molecule has 1 fully saturated rings. The molecule has 1 saturated heterocycles. The summed E-state index contributed by atoms with van der Waals surface area (Å²) in [4.78, 5) is 3.98. The van der Waals surface area contributed by atoms with E-state index in [9.17, 15) is 13.2 Å². The Balaban J connectivity index is 1.54. The van der Waals surface area contributed by atoms with E-state index in [-0.39, 0.29) is 5.92 Å². The molecule has 3 aromatic heterocycles. The number of aromatic nitrogens is 6. The van der Waals surface area contributed by atoms with E-state index in [2.05, 4.69) is 44.2 Å². The van der Waals surface area contributed by atoms with Gasteiger partial charge >= 0.3 is 6.18 Å². The summed E-state index contributed by atoms with van der Waals surface area (Å²) in [5.74, 6) is 0.249. The zero-order valence-corrected chi connectivity index (χ0v) is 15.5. The second kappa shape index (κ2) is 6.59. The Kier molecular flexibility index (Phi) is 4.36. The molecular formula is C15H17F3N8S. The molecular weight excluding hydrogens is 381 g/mol. The van der Waals surface area contributed by atoms with Crippen LogP contribution in [0.1, 0.15) is 30.5 Å². The molecule has 0 radical (unpaired) electrons. The van der Waals surface area contributed by atoms with Crippen molar-refractivity contribution in [3.8, 4) is 0 Å². The highest BCUT2D eigenvalue weighted by molar-refractivity contribution is 7.15. The molecule has 0 amide bonds. The highest BCUT2D eigenvalue weighted by atomic mass is 32.1. The number of hydrogen-bond donors (Lipinski definition) is 0. The summed E-state index contributed by atoms with van der Waals surface area (Å²) in [5, 5.41) is 18.9. The minimum absolute atomic E-state index is 0.249. The maximum absolute atomic E-state index is 12.7. The summed E-state index contributed by atoms with van der Waals surface area (Å²) >= 11 is 0.577. The summed E-state index contributed by atoms with van der Waals surface area (Å²) in [7, 11) is 0. The van der Waals surface area contributed by atoms with Crippen LogP contribution in [0.4, 0.5) is 24.0 Å². The van der Waals surface area contributed by atoms with Crippen LogP contribution in [0.3, 0.4) is 0 Å². The van der Waals surface area contributed by atoms with Crippen LogP contribution in [0.25, 0.3) is 5.65 Å². The van der Waals surface area contributed by atoms with Gasteiger partial charge in [0.25, 0.3) is 0 Å². The van der Waals surface area contributed by atoms with Crippen LogP contribution in [0, 0.1) is 0 Å². The number of halogens is 3. The van der Waals surface area contributed by atoms with Crippen LogP contribution in [-0.2, 0) is 6.18 Å². The van der Waals surface area contributed by atoms with Crippen molar-refractivity contribution in [2.24, 2.45) is 0 Å². The summed E-state index contributed by atoms with van der Waals surface area (Å²) in [5.41, 5.74) is 2.53. The van der Waals surface area contributed by atoms with Crippen molar-refractivity contribution in [1.29, 1.82) is 0 Å². The van der Waals surface area contributed by atoms with Gasteiger partial charge in [-0.3, -0.25) is 0 Å². The van der Waals surface area contributed by atoms with E-state index in [1.165, 1.54) is 0 Å². The van der Waals surface area contributed by atoms with Gasteiger partial charge in [0, 0.05) is 26.2 Å². The lowest BCUT2D eigenvalue weighted by Gasteiger charge is -2.35. The van der Waals surface area contributed by atoms with Crippen LogP contribution < -0.4 is 9.80 Å². The van der Waals surface area contributed by atoms with Crippen LogP contribution >= 0.6 is 11.3 Å². The summed E-state index contributed by atoms with van der Waals surface area (Å²) in [6, 6.07) is 2.01. The Morgan fingerprint density at radius 3 is 2.37 bits per heavy atom. The number of alkyl halides is 3. The minimum Gasteiger partial charge on any atom is -0.365 e. The number of piperazine rings is 1. The van der Waals surface area contributed by atoms with E-state index in [4.69, 9.17) is 0 Å². The monoisotopic (exact) mass is 398 g/mol. The van der Waals surface area contributed by atoms with Crippen molar-refractivity contribution in [3.63, 3.8) is 0 Å². The number of rotatable bonds is 3. The van der Waals surface area contributed by atoms with Gasteiger partial charge in [0.05, 0.1) is 11.4 Å². The van der Waals surface area contributed by atoms with Gasteiger partial charge in [0.1, 0.15) is 6.33 Å². The van der Waals surface area contributed by atoms with Gasteiger partial charge < -0.3 is 9.80 Å². The van der Waals surface area contributed by atoms with Crippen LogP contribution in [-0.4, -0.2) is 56.2 Å². The fourth-order valence-electron chi connectivity index (χ4n) is 2.94. The average Bonchev–Trinajstić information content (AvgIpc) is 3.30. The molecule has 1 aliphatic heterocycles. The molecule has 0 atom stereocenters. The predicted octanol–water partition coefficient (Wildman–Crippen LogP) is 2.44. The molecule has 27 heavy (non-hydrogen) atoms. The predicted molar refractivity (Wildman–Crippen MR) is 94.2 cm³/mol. The third-order valence-corrected chi connectivity index (χ3v) is 5.44. The first kappa shape index (κ1) is 17.9. The Morgan fingerprint density at radius 2 is 1.74 bits per heavy atom. The molecule has 0 saturated carbocycles. The third-order valence-electron chi connectivity index (χ3n) is 4.41. The van der Waals surface area contributed by atoms with E-state index in [1.807, 2.05) is 11.0 Å². The quantitative estimate of drug-likeness (QED) is 0.671. The van der Waals surface area contributed by atoms with Gasteiger partial charge in [-0.15, -0.1) is 20.4 Å². The second-order valence-electron chi connectivity index (χ2n) is 6.57. The Labute approximate surface area is 156 Å². The molecule has 4 rings (SSSR count). The fraction of sp³-hybridized carbons (Fsp3) is 0.533. The summed E-state index contributed by atoms with van der Waals surface area (Å²) in [6.07, 6.45) is -2.89. The smallest absolute Gasteiger partial charge is 0.365 e. The van der Waals surface area contributed by atoms with E-state index < -0.39 is 11.2 Å². The van der Waals surface area contributed by atoms with Crippen molar-refractivity contribution >= 4 is 27.8 Å². The van der Waals surface area contributed by atoms with Crippen LogP contribution in [0.15, 0.2) is 12.4 Å². The highest BCUT2D eigenvalue weighted by Gasteiger charge is 2.36. The lowest BCUT2D eigenvalue weighted by Crippen LogP contribution is -2.46. The molecule has 0 unspecified atom stereocenters. The molecule has 3 aromatic rings. The fourth-order valence-corrected chi connectivity index (χ4v) is 3.70. The number of anilines is 2. The third kappa shape index (κ3) is 3.40. The van der Waals surface area contributed by atoms with Gasteiger partial charge in [-0.25, -0.2) is 0 Å². The standard InChI is InChI=1S/C15H17F3N8S/c1-9(2)10-7-11(12-20-19-8-26(12)23-10)24-3-5-25(6-4-24)14-22-21-13(27-14)15(16,17)18/h7-9H,3-6H2,1-2H3. The second-order valence-corrected chi connectivity index (χ2v) is 7.53. The molecule has 0 aromatic carbocycles. The van der Waals surface area contributed by atoms with Crippen LogP contribution in [0.5, 0.6) is 0 Å².